The number of carbonyl (C=O) groups is 2. The molecule has 8 N–H and O–H groups in total. The summed E-state index contributed by atoms with van der Waals surface area (Å²) in [5.74, 6) is -1.30. The van der Waals surface area contributed by atoms with Crippen LogP contribution in [0.25, 0.3) is 45.8 Å². The number of nitrogens with zero attached hydrogens (tertiary/aromatic N) is 4. The minimum atomic E-state index is -5.25. The third-order valence-corrected chi connectivity index (χ3v) is 23.8. The summed E-state index contributed by atoms with van der Waals surface area (Å²) in [6.45, 7) is -0.390. The van der Waals surface area contributed by atoms with Crippen molar-refractivity contribution in [3.05, 3.63) is 233 Å². The summed E-state index contributed by atoms with van der Waals surface area (Å²) < 4.78 is 160. The lowest BCUT2D eigenvalue weighted by Crippen LogP contribution is -2.41. The number of ether oxygens (including phenoxy) is 1. The maximum absolute atomic E-state index is 13.4. The van der Waals surface area contributed by atoms with Gasteiger partial charge in [0.15, 0.2) is 10.2 Å². The first-order valence-corrected chi connectivity index (χ1v) is 44.0. The van der Waals surface area contributed by atoms with E-state index >= 15 is 0 Å². The first kappa shape index (κ1) is 88.1. The minimum Gasteiger partial charge on any atom is -0.744 e. The molecule has 0 fully saturated rings. The molecule has 0 atom stereocenters. The Labute approximate surface area is 715 Å². The molecule has 10 aromatic carbocycles. The van der Waals surface area contributed by atoms with Crippen molar-refractivity contribution < 1.29 is 76.4 Å². The second kappa shape index (κ2) is 39.1. The van der Waals surface area contributed by atoms with E-state index in [2.05, 4.69) is 106 Å². The fourth-order valence-corrected chi connectivity index (χ4v) is 17.4. The van der Waals surface area contributed by atoms with Gasteiger partial charge in [-0.25, -0.2) is 44.5 Å². The molecular formula is C76H60Br4N10O17S8-4. The van der Waals surface area contributed by atoms with E-state index in [1.165, 1.54) is 70.8 Å². The van der Waals surface area contributed by atoms with Crippen molar-refractivity contribution in [2.75, 3.05) is 57.4 Å². The van der Waals surface area contributed by atoms with Gasteiger partial charge in [-0.2, -0.15) is 10.2 Å². The molecule has 0 unspecified atom stereocenters. The van der Waals surface area contributed by atoms with Gasteiger partial charge in [0.2, 0.25) is 0 Å². The molecule has 0 aliphatic rings. The number of hydrogen-bond donors (Lipinski definition) is 8. The molecule has 0 radical (unpaired) electrons. The lowest BCUT2D eigenvalue weighted by Gasteiger charge is -2.26. The van der Waals surface area contributed by atoms with Crippen LogP contribution in [0, 0.1) is 0 Å². The van der Waals surface area contributed by atoms with Gasteiger partial charge in [0.25, 0.3) is 11.8 Å². The van der Waals surface area contributed by atoms with Crippen molar-refractivity contribution >= 4 is 277 Å². The maximum Gasteiger partial charge on any atom is 0.260 e. The molecule has 0 aliphatic heterocycles. The van der Waals surface area contributed by atoms with Gasteiger partial charge in [-0.15, -0.1) is 0 Å². The molecule has 0 spiro atoms. The number of benzene rings is 10. The summed E-state index contributed by atoms with van der Waals surface area (Å²) in [4.78, 5) is 27.3. The molecule has 0 saturated heterocycles. The van der Waals surface area contributed by atoms with Crippen LogP contribution in [0.5, 0.6) is 11.5 Å². The molecular weight excluding hydrogens is 1900 g/mol. The summed E-state index contributed by atoms with van der Waals surface area (Å²) in [5, 5.41) is 43.0. The largest absolute Gasteiger partial charge is 0.744 e. The Morgan fingerprint density at radius 3 is 1.01 bits per heavy atom. The summed E-state index contributed by atoms with van der Waals surface area (Å²) in [6, 6.07) is 46.6. The van der Waals surface area contributed by atoms with Gasteiger partial charge in [-0.05, 0) is 253 Å². The summed E-state index contributed by atoms with van der Waals surface area (Å²) in [6.07, 6.45) is 8.56. The fourth-order valence-electron chi connectivity index (χ4n) is 11.1. The highest BCUT2D eigenvalue weighted by molar-refractivity contribution is 9.11. The van der Waals surface area contributed by atoms with Crippen molar-refractivity contribution in [1.82, 2.24) is 10.9 Å². The lowest BCUT2D eigenvalue weighted by molar-refractivity contribution is -0.120. The standard InChI is InChI=1S/C76H64Br4N10O17S8/c77-61-31-45(32-62(78)73(61)93)41-81-87-69(91)43-89(59-27-21-47-7-1-3-9-53(47)35-59)75(110)85-57-25-19-51(67(39-57)114(101,102)103)15-13-49-17-23-55(37-65(49)112(95,96)97)83-71(108)11-5-29-107-30-6-12-72(109)84-56-24-18-50(66(38-56)113(98,99)100)14-16-52-20-26-58(40-68(52)115(104,105)106)86-76(111)90(60-28-22-48-8-2-4-10-54(48)36-60)44-70(92)88-82-42-46-33-63(79)74(94)64(80)34-46/h1-4,7-10,13-28,31-42,93-94H,5-6,11-12,29-30,43-44H2,(H,83,108)(H,84,109)(H,85,110)(H,86,111)(H,87,91)(H,88,92)(H,95,96,97)(H,98,99,100)(H,101,102,103)(H,104,105,106)/p-4/b15-13+,16-14+,81-41+,82-42+. The van der Waals surface area contributed by atoms with E-state index in [0.717, 1.165) is 70.1 Å². The van der Waals surface area contributed by atoms with Gasteiger partial charge in [-0.3, -0.25) is 9.59 Å². The Morgan fingerprint density at radius 2 is 0.704 bits per heavy atom. The van der Waals surface area contributed by atoms with E-state index in [9.17, 15) is 71.7 Å². The smallest absolute Gasteiger partial charge is 0.260 e. The SMILES string of the molecule is O=C(CN(C(=S)Nc1ccc(/C=C/c2ccc(NC(=S)CCCOCCCC(=S)Nc3ccc(/C=C/c4ccc(NC(=S)N(CC(=O)N/N=C/c5cc(Br)c(O)c(Br)c5)c5ccc6ccccc6c5)cc4S(=O)(=O)[O-])c(S(=O)(=O)[O-])c3)cc2S(=O)(=O)[O-])c(S(=O)(=O)[O-])c1)c1ccc2ccccc2c1)N/N=C/c1cc(Br)c(O)c(Br)c1. The fraction of sp³-hybridized carbons (Fsp3) is 0.105. The Morgan fingerprint density at radius 1 is 0.409 bits per heavy atom. The van der Waals surface area contributed by atoms with Crippen LogP contribution in [0.2, 0.25) is 0 Å². The van der Waals surface area contributed by atoms with Gasteiger partial charge < -0.3 is 64.2 Å². The molecule has 0 aliphatic carbocycles. The van der Waals surface area contributed by atoms with Crippen LogP contribution in [0.4, 0.5) is 34.1 Å². The Kier molecular flexibility index (Phi) is 30.0. The third-order valence-electron chi connectivity index (χ3n) is 16.5. The number of thiocarbonyl (C=S) groups is 4. The molecule has 10 rings (SSSR count). The second-order valence-electron chi connectivity index (χ2n) is 24.8. The number of phenolic OH excluding ortho intramolecular Hbond substituents is 2. The molecule has 10 aromatic rings. The minimum absolute atomic E-state index is 0.0181. The van der Waals surface area contributed by atoms with Crippen LogP contribution in [0.3, 0.4) is 0 Å². The third kappa shape index (κ3) is 24.9. The number of carbonyl (C=O) groups excluding carboxylic acids is 2. The number of halogens is 4. The van der Waals surface area contributed by atoms with Crippen molar-refractivity contribution in [2.45, 2.75) is 45.3 Å². The number of hydrazone groups is 2. The van der Waals surface area contributed by atoms with E-state index in [1.54, 1.807) is 48.5 Å². The summed E-state index contributed by atoms with van der Waals surface area (Å²) in [5.41, 5.74) is 6.46. The van der Waals surface area contributed by atoms with Crippen LogP contribution in [0.15, 0.2) is 230 Å². The number of nitrogens with one attached hydrogen (secondary N) is 6. The lowest BCUT2D eigenvalue weighted by atomic mass is 10.1. The number of anilines is 6. The molecule has 0 saturated carbocycles. The van der Waals surface area contributed by atoms with Crippen LogP contribution in [-0.2, 0) is 54.8 Å². The number of hydrogen-bond acceptors (Lipinski definition) is 23. The Hall–Kier alpha value is -9.24. The topological polar surface area (TPSA) is 416 Å². The zero-order chi connectivity index (χ0) is 83.1. The first-order chi connectivity index (χ1) is 54.4. The molecule has 596 valence electrons. The van der Waals surface area contributed by atoms with E-state index in [4.69, 9.17) is 53.6 Å². The van der Waals surface area contributed by atoms with Crippen LogP contribution < -0.4 is 41.9 Å². The predicted octanol–water partition coefficient (Wildman–Crippen LogP) is 14.9. The van der Waals surface area contributed by atoms with E-state index in [0.29, 0.717) is 53.2 Å². The van der Waals surface area contributed by atoms with Gasteiger partial charge in [0.1, 0.15) is 65.1 Å². The number of phenols is 2. The predicted molar refractivity (Wildman–Crippen MR) is 471 cm³/mol. The van der Waals surface area contributed by atoms with Crippen LogP contribution in [0.1, 0.15) is 59.1 Å². The number of amides is 2. The van der Waals surface area contributed by atoms with Crippen LogP contribution >= 0.6 is 113 Å². The zero-order valence-electron chi connectivity index (χ0n) is 59.0. The number of fused-ring (bicyclic) bond motifs is 2. The average molecular weight is 1960 g/mol. The quantitative estimate of drug-likeness (QED) is 0.00517. The summed E-state index contributed by atoms with van der Waals surface area (Å²) >= 11 is 35.6. The summed E-state index contributed by atoms with van der Waals surface area (Å²) in [7, 11) is -20.9. The van der Waals surface area contributed by atoms with Crippen molar-refractivity contribution in [3.63, 3.8) is 0 Å². The first-order valence-electron chi connectivity index (χ1n) is 33.5. The number of rotatable bonds is 30. The highest BCUT2D eigenvalue weighted by atomic mass is 79.9. The zero-order valence-corrected chi connectivity index (χ0v) is 71.9. The highest BCUT2D eigenvalue weighted by Crippen LogP contribution is 2.36. The van der Waals surface area contributed by atoms with Crippen molar-refractivity contribution in [1.29, 1.82) is 0 Å². The monoisotopic (exact) mass is 1960 g/mol. The van der Waals surface area contributed by atoms with Gasteiger partial charge >= 0.3 is 0 Å². The van der Waals surface area contributed by atoms with E-state index < -0.39 is 85.0 Å². The van der Waals surface area contributed by atoms with Crippen LogP contribution in [-0.4, -0.2) is 133 Å². The highest BCUT2D eigenvalue weighted by Gasteiger charge is 2.23. The average Bonchev–Trinajstić information content (AvgIpc) is 0.803. The van der Waals surface area contributed by atoms with E-state index in [1.807, 2.05) is 60.7 Å². The van der Waals surface area contributed by atoms with Crippen molar-refractivity contribution in [2.24, 2.45) is 10.2 Å². The molecule has 27 nitrogen and oxygen atoms in total. The van der Waals surface area contributed by atoms with E-state index in [-0.39, 0.29) is 103 Å². The van der Waals surface area contributed by atoms with Crippen molar-refractivity contribution in [3.8, 4) is 11.5 Å². The molecule has 0 heterocycles. The normalized spacial score (nSPS) is 12.0. The molecule has 2 amide bonds. The Balaban J connectivity index is 0.707. The molecule has 0 aromatic heterocycles. The maximum atomic E-state index is 13.4. The molecule has 39 heteroatoms. The Bertz CT molecular complexity index is 5730. The number of aromatic hydroxyl groups is 2. The van der Waals surface area contributed by atoms with Gasteiger partial charge in [0.05, 0.1) is 59.9 Å². The van der Waals surface area contributed by atoms with Gasteiger partial charge in [0, 0.05) is 60.2 Å². The van der Waals surface area contributed by atoms with Gasteiger partial charge in [-0.1, -0.05) is 134 Å². The molecule has 0 bridgehead atoms. The second-order valence-corrected chi connectivity index (χ2v) is 35.3. The molecule has 115 heavy (non-hydrogen) atoms.